The number of aryl methyl sites for hydroxylation is 1. The minimum absolute atomic E-state index is 0. The summed E-state index contributed by atoms with van der Waals surface area (Å²) >= 11 is 0. The van der Waals surface area contributed by atoms with Gasteiger partial charge in [0.25, 0.3) is 0 Å². The summed E-state index contributed by atoms with van der Waals surface area (Å²) in [5.74, 6) is 0. The van der Waals surface area contributed by atoms with Gasteiger partial charge >= 0.3 is 0 Å². The van der Waals surface area contributed by atoms with E-state index in [0.29, 0.717) is 0 Å². The Labute approximate surface area is 122 Å². The Morgan fingerprint density at radius 3 is 2.16 bits per heavy atom. The van der Waals surface area contributed by atoms with Crippen LogP contribution in [0.3, 0.4) is 0 Å². The summed E-state index contributed by atoms with van der Waals surface area (Å²) in [6, 6.07) is 6.98. The molecule has 0 radical (unpaired) electrons. The number of hydrogen-bond acceptors (Lipinski definition) is 3. The molecule has 6 heteroatoms. The van der Waals surface area contributed by atoms with E-state index < -0.39 is 15.6 Å². The van der Waals surface area contributed by atoms with Crippen molar-refractivity contribution in [2.75, 3.05) is 6.54 Å². The molecular formula is C13H23ClN2O2S. The molecule has 0 aliphatic heterocycles. The lowest BCUT2D eigenvalue weighted by Gasteiger charge is -2.19. The number of nitrogens with one attached hydrogen (secondary N) is 1. The van der Waals surface area contributed by atoms with Crippen molar-refractivity contribution in [2.45, 2.75) is 44.0 Å². The van der Waals surface area contributed by atoms with Crippen LogP contribution in [0.2, 0.25) is 0 Å². The fourth-order valence-electron chi connectivity index (χ4n) is 1.49. The second-order valence-corrected chi connectivity index (χ2v) is 6.97. The molecule has 0 saturated heterocycles. The SMILES string of the molecule is CCCc1ccc(S(=O)(=O)NCC(C)(C)N)cc1.Cl. The molecule has 0 heterocycles. The average Bonchev–Trinajstić information content (AvgIpc) is 2.27. The van der Waals surface area contributed by atoms with Crippen LogP contribution in [0.1, 0.15) is 32.8 Å². The van der Waals surface area contributed by atoms with Crippen molar-refractivity contribution in [3.05, 3.63) is 29.8 Å². The third-order valence-corrected chi connectivity index (χ3v) is 3.91. The zero-order chi connectivity index (χ0) is 13.8. The summed E-state index contributed by atoms with van der Waals surface area (Å²) in [4.78, 5) is 0.284. The van der Waals surface area contributed by atoms with Crippen LogP contribution in [0.4, 0.5) is 0 Å². The number of hydrogen-bond donors (Lipinski definition) is 2. The first-order valence-corrected chi connectivity index (χ1v) is 7.60. The van der Waals surface area contributed by atoms with E-state index in [2.05, 4.69) is 11.6 Å². The molecule has 0 aliphatic rings. The zero-order valence-electron chi connectivity index (χ0n) is 11.6. The van der Waals surface area contributed by atoms with Crippen molar-refractivity contribution in [2.24, 2.45) is 5.73 Å². The van der Waals surface area contributed by atoms with E-state index in [1.54, 1.807) is 26.0 Å². The first-order chi connectivity index (χ1) is 8.24. The summed E-state index contributed by atoms with van der Waals surface area (Å²) in [5, 5.41) is 0. The minimum Gasteiger partial charge on any atom is -0.324 e. The summed E-state index contributed by atoms with van der Waals surface area (Å²) in [6.07, 6.45) is 2.01. The smallest absolute Gasteiger partial charge is 0.240 e. The molecule has 0 unspecified atom stereocenters. The molecule has 0 saturated carbocycles. The third-order valence-electron chi connectivity index (χ3n) is 2.49. The van der Waals surface area contributed by atoms with Gasteiger partial charge in [0.2, 0.25) is 10.0 Å². The highest BCUT2D eigenvalue weighted by Crippen LogP contribution is 2.12. The van der Waals surface area contributed by atoms with E-state index in [-0.39, 0.29) is 23.8 Å². The van der Waals surface area contributed by atoms with Gasteiger partial charge in [-0.2, -0.15) is 0 Å². The molecule has 19 heavy (non-hydrogen) atoms. The first kappa shape index (κ1) is 18.4. The number of rotatable bonds is 6. The quantitative estimate of drug-likeness (QED) is 0.845. The van der Waals surface area contributed by atoms with Crippen LogP contribution in [-0.2, 0) is 16.4 Å². The van der Waals surface area contributed by atoms with Gasteiger partial charge in [0.1, 0.15) is 0 Å². The maximum atomic E-state index is 12.0. The van der Waals surface area contributed by atoms with Gasteiger partial charge in [0.05, 0.1) is 4.90 Å². The molecule has 110 valence electrons. The van der Waals surface area contributed by atoms with Gasteiger partial charge in [0, 0.05) is 12.1 Å². The van der Waals surface area contributed by atoms with Crippen LogP contribution < -0.4 is 10.5 Å². The van der Waals surface area contributed by atoms with Gasteiger partial charge in [-0.3, -0.25) is 0 Å². The average molecular weight is 307 g/mol. The van der Waals surface area contributed by atoms with Crippen LogP contribution in [-0.4, -0.2) is 20.5 Å². The van der Waals surface area contributed by atoms with Gasteiger partial charge in [-0.15, -0.1) is 12.4 Å². The van der Waals surface area contributed by atoms with Gasteiger partial charge in [-0.25, -0.2) is 13.1 Å². The van der Waals surface area contributed by atoms with E-state index in [4.69, 9.17) is 5.73 Å². The molecular weight excluding hydrogens is 284 g/mol. The normalized spacial score (nSPS) is 12.0. The first-order valence-electron chi connectivity index (χ1n) is 6.12. The van der Waals surface area contributed by atoms with Crippen molar-refractivity contribution < 1.29 is 8.42 Å². The predicted molar refractivity (Wildman–Crippen MR) is 81.1 cm³/mol. The molecule has 0 fully saturated rings. The van der Waals surface area contributed by atoms with Crippen LogP contribution in [0, 0.1) is 0 Å². The van der Waals surface area contributed by atoms with Crippen molar-refractivity contribution in [1.29, 1.82) is 0 Å². The Morgan fingerprint density at radius 2 is 1.74 bits per heavy atom. The fraction of sp³-hybridized carbons (Fsp3) is 0.538. The Balaban J connectivity index is 0.00000324. The fourth-order valence-corrected chi connectivity index (χ4v) is 2.71. The summed E-state index contributed by atoms with van der Waals surface area (Å²) < 4.78 is 26.5. The van der Waals surface area contributed by atoms with E-state index >= 15 is 0 Å². The Kier molecular flexibility index (Phi) is 7.00. The van der Waals surface area contributed by atoms with Gasteiger partial charge in [-0.1, -0.05) is 25.5 Å². The third kappa shape index (κ3) is 6.38. The van der Waals surface area contributed by atoms with Gasteiger partial charge in [-0.05, 0) is 38.0 Å². The standard InChI is InChI=1S/C13H22N2O2S.ClH/c1-4-5-11-6-8-12(9-7-11)18(16,17)15-10-13(2,3)14;/h6-9,15H,4-5,10,14H2,1-3H3;1H. The summed E-state index contributed by atoms with van der Waals surface area (Å²) in [6.45, 7) is 5.86. The molecule has 0 aromatic heterocycles. The molecule has 4 nitrogen and oxygen atoms in total. The molecule has 0 atom stereocenters. The second kappa shape index (κ2) is 7.24. The highest BCUT2D eigenvalue weighted by molar-refractivity contribution is 7.89. The largest absolute Gasteiger partial charge is 0.324 e. The second-order valence-electron chi connectivity index (χ2n) is 5.21. The van der Waals surface area contributed by atoms with Crippen LogP contribution in [0.25, 0.3) is 0 Å². The summed E-state index contributed by atoms with van der Waals surface area (Å²) in [5.41, 5.74) is 6.35. The monoisotopic (exact) mass is 306 g/mol. The molecule has 1 rings (SSSR count). The van der Waals surface area contributed by atoms with E-state index in [1.165, 1.54) is 0 Å². The molecule has 1 aromatic rings. The maximum absolute atomic E-state index is 12.0. The molecule has 3 N–H and O–H groups in total. The van der Waals surface area contributed by atoms with Crippen molar-refractivity contribution in [3.8, 4) is 0 Å². The molecule has 0 spiro atoms. The van der Waals surface area contributed by atoms with Crippen molar-refractivity contribution in [3.63, 3.8) is 0 Å². The molecule has 0 amide bonds. The van der Waals surface area contributed by atoms with Gasteiger partial charge < -0.3 is 5.73 Å². The van der Waals surface area contributed by atoms with Crippen LogP contribution in [0.15, 0.2) is 29.2 Å². The minimum atomic E-state index is -3.46. The molecule has 0 aliphatic carbocycles. The topological polar surface area (TPSA) is 72.2 Å². The van der Waals surface area contributed by atoms with E-state index in [9.17, 15) is 8.42 Å². The van der Waals surface area contributed by atoms with E-state index in [0.717, 1.165) is 18.4 Å². The lowest BCUT2D eigenvalue weighted by molar-refractivity contribution is 0.498. The number of sulfonamides is 1. The van der Waals surface area contributed by atoms with E-state index in [1.807, 2.05) is 12.1 Å². The van der Waals surface area contributed by atoms with Gasteiger partial charge in [0.15, 0.2) is 0 Å². The molecule has 1 aromatic carbocycles. The maximum Gasteiger partial charge on any atom is 0.240 e. The predicted octanol–water partition coefficient (Wildman–Crippen LogP) is 2.08. The lowest BCUT2D eigenvalue weighted by atomic mass is 10.1. The number of halogens is 1. The van der Waals surface area contributed by atoms with Crippen LogP contribution in [0.5, 0.6) is 0 Å². The lowest BCUT2D eigenvalue weighted by Crippen LogP contribution is -2.45. The van der Waals surface area contributed by atoms with Crippen molar-refractivity contribution >= 4 is 22.4 Å². The Hall–Kier alpha value is -0.620. The Bertz CT molecular complexity index is 478. The highest BCUT2D eigenvalue weighted by atomic mass is 35.5. The number of benzene rings is 1. The molecule has 0 bridgehead atoms. The van der Waals surface area contributed by atoms with Crippen LogP contribution >= 0.6 is 12.4 Å². The number of nitrogens with two attached hydrogens (primary N) is 1. The Morgan fingerprint density at radius 1 is 1.21 bits per heavy atom. The zero-order valence-corrected chi connectivity index (χ0v) is 13.3. The highest BCUT2D eigenvalue weighted by Gasteiger charge is 2.18. The van der Waals surface area contributed by atoms with Crippen molar-refractivity contribution in [1.82, 2.24) is 4.72 Å². The summed E-state index contributed by atoms with van der Waals surface area (Å²) in [7, 11) is -3.46.